The van der Waals surface area contributed by atoms with Crippen LogP contribution in [0.1, 0.15) is 0 Å². The number of carbonyl (C=O) groups is 1. The number of nitrogens with zero attached hydrogens (tertiary/aromatic N) is 1. The Morgan fingerprint density at radius 2 is 1.86 bits per heavy atom. The molecule has 5 nitrogen and oxygen atoms in total. The van der Waals surface area contributed by atoms with Crippen LogP contribution in [0, 0.1) is 10.1 Å². The zero-order valence-corrected chi connectivity index (χ0v) is 8.10. The summed E-state index contributed by atoms with van der Waals surface area (Å²) in [6.45, 7) is 0. The second kappa shape index (κ2) is 6.85. The molecular formula is C8H8ClNO4. The van der Waals surface area contributed by atoms with E-state index in [9.17, 15) is 10.1 Å². The van der Waals surface area contributed by atoms with E-state index in [2.05, 4.69) is 11.6 Å². The Morgan fingerprint density at radius 3 is 2.14 bits per heavy atom. The van der Waals surface area contributed by atoms with Crippen LogP contribution in [0.2, 0.25) is 0 Å². The topological polar surface area (TPSA) is 69.4 Å². The summed E-state index contributed by atoms with van der Waals surface area (Å²) in [6.07, 6.45) is 0. The molecule has 0 radical (unpaired) electrons. The van der Waals surface area contributed by atoms with Gasteiger partial charge in [0.1, 0.15) is 5.75 Å². The highest BCUT2D eigenvalue weighted by molar-refractivity contribution is 6.54. The van der Waals surface area contributed by atoms with E-state index in [0.29, 0.717) is 5.75 Å². The molecule has 0 aliphatic carbocycles. The summed E-state index contributed by atoms with van der Waals surface area (Å²) < 4.78 is 4.83. The molecule has 0 fully saturated rings. The van der Waals surface area contributed by atoms with Crippen molar-refractivity contribution in [3.05, 3.63) is 34.4 Å². The van der Waals surface area contributed by atoms with Gasteiger partial charge in [-0.1, -0.05) is 0 Å². The molecule has 0 atom stereocenters. The number of halogens is 1. The Hall–Kier alpha value is -1.62. The van der Waals surface area contributed by atoms with Crippen molar-refractivity contribution in [2.24, 2.45) is 0 Å². The first-order valence-electron chi connectivity index (χ1n) is 3.48. The lowest BCUT2D eigenvalue weighted by Gasteiger charge is -1.96. The molecule has 0 aliphatic rings. The number of benzene rings is 1. The number of methoxy groups -OCH3 is 1. The summed E-state index contributed by atoms with van der Waals surface area (Å²) >= 11 is 4.32. The number of nitro groups is 1. The van der Waals surface area contributed by atoms with Crippen LogP contribution in [-0.4, -0.2) is 17.8 Å². The monoisotopic (exact) mass is 217 g/mol. The fourth-order valence-electron chi connectivity index (χ4n) is 0.704. The lowest BCUT2D eigenvalue weighted by atomic mass is 10.3. The van der Waals surface area contributed by atoms with Gasteiger partial charge in [0.05, 0.1) is 12.0 Å². The van der Waals surface area contributed by atoms with Crippen LogP contribution in [0.4, 0.5) is 5.69 Å². The number of hydrogen-bond donors (Lipinski definition) is 0. The summed E-state index contributed by atoms with van der Waals surface area (Å²) in [5.41, 5.74) is 0.0748. The Bertz CT molecular complexity index is 299. The molecule has 0 heterocycles. The molecule has 14 heavy (non-hydrogen) atoms. The molecule has 6 heteroatoms. The zero-order valence-electron chi connectivity index (χ0n) is 7.34. The third kappa shape index (κ3) is 4.42. The fraction of sp³-hybridized carbons (Fsp3) is 0.125. The van der Waals surface area contributed by atoms with Crippen LogP contribution in [0.15, 0.2) is 24.3 Å². The lowest BCUT2D eigenvalue weighted by Crippen LogP contribution is -1.87. The SMILES string of the molecule is COc1ccc([N+](=O)[O-])cc1.O=CCl. The highest BCUT2D eigenvalue weighted by atomic mass is 35.5. The maximum absolute atomic E-state index is 10.2. The molecule has 0 unspecified atom stereocenters. The zero-order chi connectivity index (χ0) is 11.0. The third-order valence-corrected chi connectivity index (χ3v) is 1.28. The maximum atomic E-state index is 10.2. The molecule has 0 saturated carbocycles. The fourth-order valence-corrected chi connectivity index (χ4v) is 0.704. The smallest absolute Gasteiger partial charge is 0.269 e. The van der Waals surface area contributed by atoms with E-state index in [1.54, 1.807) is 12.1 Å². The van der Waals surface area contributed by atoms with Crippen molar-refractivity contribution in [3.63, 3.8) is 0 Å². The van der Waals surface area contributed by atoms with Gasteiger partial charge in [-0.25, -0.2) is 0 Å². The quantitative estimate of drug-likeness (QED) is 0.329. The van der Waals surface area contributed by atoms with Gasteiger partial charge in [0, 0.05) is 12.1 Å². The summed E-state index contributed by atoms with van der Waals surface area (Å²) in [4.78, 5) is 18.3. The molecule has 0 saturated heterocycles. The predicted molar refractivity (Wildman–Crippen MR) is 52.3 cm³/mol. The van der Waals surface area contributed by atoms with Crippen LogP contribution in [0.25, 0.3) is 0 Å². The molecule has 76 valence electrons. The summed E-state index contributed by atoms with van der Waals surface area (Å²) in [5.74, 6) is 0.843. The van der Waals surface area contributed by atoms with Crippen molar-refractivity contribution in [1.29, 1.82) is 0 Å². The minimum absolute atomic E-state index is 0.0748. The van der Waals surface area contributed by atoms with Gasteiger partial charge in [-0.05, 0) is 23.7 Å². The van der Waals surface area contributed by atoms with Crippen LogP contribution in [0.3, 0.4) is 0 Å². The van der Waals surface area contributed by atoms with Gasteiger partial charge in [-0.3, -0.25) is 14.9 Å². The van der Waals surface area contributed by atoms with Gasteiger partial charge < -0.3 is 4.74 Å². The third-order valence-electron chi connectivity index (χ3n) is 1.28. The van der Waals surface area contributed by atoms with Crippen molar-refractivity contribution in [2.75, 3.05) is 7.11 Å². The van der Waals surface area contributed by atoms with Gasteiger partial charge in [0.2, 0.25) is 5.75 Å². The van der Waals surface area contributed by atoms with Crippen molar-refractivity contribution in [3.8, 4) is 5.75 Å². The van der Waals surface area contributed by atoms with E-state index in [1.165, 1.54) is 19.2 Å². The van der Waals surface area contributed by atoms with Crippen molar-refractivity contribution in [2.45, 2.75) is 0 Å². The number of non-ortho nitro benzene ring substituents is 1. The number of ether oxygens (including phenoxy) is 1. The van der Waals surface area contributed by atoms with Gasteiger partial charge >= 0.3 is 0 Å². The average Bonchev–Trinajstić information content (AvgIpc) is 2.19. The number of hydrogen-bond acceptors (Lipinski definition) is 4. The van der Waals surface area contributed by atoms with E-state index >= 15 is 0 Å². The Morgan fingerprint density at radius 1 is 1.43 bits per heavy atom. The van der Waals surface area contributed by atoms with Gasteiger partial charge in [-0.15, -0.1) is 0 Å². The van der Waals surface area contributed by atoms with E-state index in [-0.39, 0.29) is 11.4 Å². The van der Waals surface area contributed by atoms with Crippen molar-refractivity contribution < 1.29 is 14.5 Å². The molecule has 0 N–H and O–H groups in total. The maximum Gasteiger partial charge on any atom is 0.269 e. The van der Waals surface area contributed by atoms with E-state index < -0.39 is 4.92 Å². The second-order valence-corrected chi connectivity index (χ2v) is 2.22. The van der Waals surface area contributed by atoms with E-state index in [0.717, 1.165) is 0 Å². The molecule has 0 amide bonds. The predicted octanol–water partition coefficient (Wildman–Crippen LogP) is 2.02. The largest absolute Gasteiger partial charge is 0.497 e. The molecule has 1 aromatic carbocycles. The molecule has 0 aliphatic heterocycles. The summed E-state index contributed by atoms with van der Waals surface area (Å²) in [5, 5.41) is 10.2. The van der Waals surface area contributed by atoms with Crippen LogP contribution in [0.5, 0.6) is 5.75 Å². The van der Waals surface area contributed by atoms with Gasteiger partial charge in [0.25, 0.3) is 5.69 Å². The highest BCUT2D eigenvalue weighted by Gasteiger charge is 2.02. The van der Waals surface area contributed by atoms with Crippen molar-refractivity contribution in [1.82, 2.24) is 0 Å². The molecule has 1 aromatic rings. The van der Waals surface area contributed by atoms with E-state index in [4.69, 9.17) is 9.53 Å². The van der Waals surface area contributed by atoms with Gasteiger partial charge in [-0.2, -0.15) is 0 Å². The Kier molecular flexibility index (Phi) is 6.06. The number of carbonyl (C=O) groups excluding carboxylic acids is 1. The van der Waals surface area contributed by atoms with Gasteiger partial charge in [0.15, 0.2) is 0 Å². The normalized spacial score (nSPS) is 8.14. The first-order chi connectivity index (χ1) is 6.65. The number of rotatable bonds is 2. The molecule has 0 bridgehead atoms. The minimum atomic E-state index is -0.445. The molecular weight excluding hydrogens is 210 g/mol. The average molecular weight is 218 g/mol. The molecule has 0 aromatic heterocycles. The Balaban J connectivity index is 0.000000500. The van der Waals surface area contributed by atoms with Crippen LogP contribution >= 0.6 is 11.6 Å². The van der Waals surface area contributed by atoms with Crippen LogP contribution < -0.4 is 4.74 Å². The highest BCUT2D eigenvalue weighted by Crippen LogP contribution is 2.16. The molecule has 1 rings (SSSR count). The first-order valence-corrected chi connectivity index (χ1v) is 3.91. The lowest BCUT2D eigenvalue weighted by molar-refractivity contribution is -0.384. The van der Waals surface area contributed by atoms with E-state index in [1.807, 2.05) is 0 Å². The summed E-state index contributed by atoms with van der Waals surface area (Å²) in [6, 6.07) is 5.91. The van der Waals surface area contributed by atoms with Crippen molar-refractivity contribution >= 4 is 23.0 Å². The standard InChI is InChI=1S/C7H7NO3.CHClO/c1-11-7-4-2-6(3-5-7)8(9)10;2-1-3/h2-5H,1H3;1H. The Labute approximate surface area is 85.4 Å². The number of nitro benzene ring substituents is 1. The molecule has 0 spiro atoms. The second-order valence-electron chi connectivity index (χ2n) is 2.04. The first kappa shape index (κ1) is 12.4. The minimum Gasteiger partial charge on any atom is -0.497 e. The summed E-state index contributed by atoms with van der Waals surface area (Å²) in [7, 11) is 1.52. The van der Waals surface area contributed by atoms with Crippen LogP contribution in [-0.2, 0) is 4.79 Å².